The van der Waals surface area contributed by atoms with E-state index in [9.17, 15) is 14.5 Å². The molecular weight excluding hydrogens is 515 g/mol. The number of benzene rings is 2. The molecule has 0 fully saturated rings. The standard InChI is InChI=1S/C30H47N2O6P/c1-4-6-7-8-9-11-14-26-17-19-27(20-18-26)21-22-30(31,23-33)24-37-39(35,32-25(3)29(34)36-5-2)38-28-15-12-10-13-16-28/h10,12-13,15-20,25,33H,4-9,11,14,21-24,31H2,1-3H3,(H,32,35)/t25-,30?,39?/m0/s1. The highest BCUT2D eigenvalue weighted by molar-refractivity contribution is 7.52. The van der Waals surface area contributed by atoms with E-state index in [1.54, 1.807) is 37.3 Å². The Morgan fingerprint density at radius 2 is 1.59 bits per heavy atom. The molecule has 0 saturated heterocycles. The van der Waals surface area contributed by atoms with Gasteiger partial charge in [-0.1, -0.05) is 81.5 Å². The predicted octanol–water partition coefficient (Wildman–Crippen LogP) is 5.96. The summed E-state index contributed by atoms with van der Waals surface area (Å²) in [5.74, 6) is -0.281. The third-order valence-electron chi connectivity index (χ3n) is 6.55. The van der Waals surface area contributed by atoms with E-state index < -0.39 is 25.3 Å². The number of nitrogens with one attached hydrogen (secondary N) is 1. The van der Waals surface area contributed by atoms with Crippen LogP contribution < -0.4 is 15.3 Å². The molecule has 0 saturated carbocycles. The first kappa shape index (κ1) is 33.0. The van der Waals surface area contributed by atoms with Crippen molar-refractivity contribution in [1.29, 1.82) is 0 Å². The number of aliphatic hydroxyl groups is 1. The van der Waals surface area contributed by atoms with Crippen molar-refractivity contribution in [2.75, 3.05) is 19.8 Å². The average Bonchev–Trinajstić information content (AvgIpc) is 2.94. The minimum atomic E-state index is -4.05. The Morgan fingerprint density at radius 3 is 2.21 bits per heavy atom. The lowest BCUT2D eigenvalue weighted by molar-refractivity contribution is -0.144. The second-order valence-corrected chi connectivity index (χ2v) is 11.8. The van der Waals surface area contributed by atoms with Gasteiger partial charge in [-0.2, -0.15) is 5.09 Å². The van der Waals surface area contributed by atoms with Crippen LogP contribution in [0.1, 0.15) is 76.8 Å². The van der Waals surface area contributed by atoms with Gasteiger partial charge in [0.1, 0.15) is 11.8 Å². The van der Waals surface area contributed by atoms with E-state index in [4.69, 9.17) is 19.5 Å². The first-order chi connectivity index (χ1) is 18.7. The fraction of sp³-hybridized carbons (Fsp3) is 0.567. The van der Waals surface area contributed by atoms with Gasteiger partial charge in [0.25, 0.3) is 0 Å². The monoisotopic (exact) mass is 562 g/mol. The van der Waals surface area contributed by atoms with E-state index >= 15 is 0 Å². The SMILES string of the molecule is CCCCCCCCc1ccc(CCC(N)(CO)COP(=O)(N[C@@H](C)C(=O)OCC)Oc2ccccc2)cc1. The molecule has 0 bridgehead atoms. The zero-order chi connectivity index (χ0) is 28.6. The van der Waals surface area contributed by atoms with Crippen LogP contribution in [0.15, 0.2) is 54.6 Å². The lowest BCUT2D eigenvalue weighted by Crippen LogP contribution is -2.49. The van der Waals surface area contributed by atoms with Crippen LogP contribution in [0.3, 0.4) is 0 Å². The highest BCUT2D eigenvalue weighted by Gasteiger charge is 2.36. The van der Waals surface area contributed by atoms with Crippen LogP contribution in [0.25, 0.3) is 0 Å². The van der Waals surface area contributed by atoms with E-state index in [-0.39, 0.29) is 19.8 Å². The lowest BCUT2D eigenvalue weighted by atomic mass is 9.93. The number of ether oxygens (including phenoxy) is 1. The number of unbranched alkanes of at least 4 members (excludes halogenated alkanes) is 5. The van der Waals surface area contributed by atoms with Crippen LogP contribution in [0.2, 0.25) is 0 Å². The maximum Gasteiger partial charge on any atom is 0.459 e. The number of esters is 1. The lowest BCUT2D eigenvalue weighted by Gasteiger charge is -2.30. The van der Waals surface area contributed by atoms with E-state index in [2.05, 4.69) is 36.3 Å². The highest BCUT2D eigenvalue weighted by Crippen LogP contribution is 2.45. The summed E-state index contributed by atoms with van der Waals surface area (Å²) in [5.41, 5.74) is 7.71. The van der Waals surface area contributed by atoms with Crippen molar-refractivity contribution in [1.82, 2.24) is 5.09 Å². The Kier molecular flexibility index (Phi) is 14.8. The number of hydrogen-bond acceptors (Lipinski definition) is 7. The van der Waals surface area contributed by atoms with E-state index in [1.807, 2.05) is 0 Å². The molecule has 2 aromatic rings. The summed E-state index contributed by atoms with van der Waals surface area (Å²) in [7, 11) is -4.05. The Morgan fingerprint density at radius 1 is 0.974 bits per heavy atom. The Bertz CT molecular complexity index is 1000. The zero-order valence-electron chi connectivity index (χ0n) is 23.8. The van der Waals surface area contributed by atoms with E-state index in [1.165, 1.54) is 51.0 Å². The number of carbonyl (C=O) groups is 1. The third kappa shape index (κ3) is 12.7. The van der Waals surface area contributed by atoms with Crippen molar-refractivity contribution in [2.45, 2.75) is 90.1 Å². The molecule has 9 heteroatoms. The molecule has 218 valence electrons. The van der Waals surface area contributed by atoms with Crippen LogP contribution in [-0.4, -0.2) is 42.5 Å². The van der Waals surface area contributed by atoms with Crippen molar-refractivity contribution in [3.63, 3.8) is 0 Å². The van der Waals surface area contributed by atoms with Crippen molar-refractivity contribution in [3.05, 3.63) is 65.7 Å². The summed E-state index contributed by atoms with van der Waals surface area (Å²) >= 11 is 0. The summed E-state index contributed by atoms with van der Waals surface area (Å²) in [5, 5.41) is 12.7. The molecule has 2 rings (SSSR count). The van der Waals surface area contributed by atoms with Gasteiger partial charge < -0.3 is 20.1 Å². The first-order valence-corrected chi connectivity index (χ1v) is 15.7. The number of para-hydroxylation sites is 1. The van der Waals surface area contributed by atoms with Gasteiger partial charge in [0.05, 0.1) is 25.4 Å². The molecule has 8 nitrogen and oxygen atoms in total. The molecule has 0 amide bonds. The van der Waals surface area contributed by atoms with Crippen molar-refractivity contribution in [3.8, 4) is 5.75 Å². The van der Waals surface area contributed by atoms with Gasteiger partial charge in [-0.3, -0.25) is 9.32 Å². The maximum atomic E-state index is 13.6. The summed E-state index contributed by atoms with van der Waals surface area (Å²) in [6.07, 6.45) is 9.76. The number of rotatable bonds is 20. The molecule has 0 spiro atoms. The molecule has 39 heavy (non-hydrogen) atoms. The van der Waals surface area contributed by atoms with Gasteiger partial charge in [-0.05, 0) is 62.8 Å². The minimum absolute atomic E-state index is 0.187. The van der Waals surface area contributed by atoms with Crippen molar-refractivity contribution < 1.29 is 28.3 Å². The predicted molar refractivity (Wildman–Crippen MR) is 156 cm³/mol. The smallest absolute Gasteiger partial charge is 0.459 e. The number of carbonyl (C=O) groups excluding carboxylic acids is 1. The largest absolute Gasteiger partial charge is 0.465 e. The van der Waals surface area contributed by atoms with Crippen molar-refractivity contribution in [2.24, 2.45) is 5.73 Å². The molecule has 0 heterocycles. The average molecular weight is 563 g/mol. The Hall–Kier alpha value is -2.22. The second-order valence-electron chi connectivity index (χ2n) is 10.1. The van der Waals surface area contributed by atoms with Gasteiger partial charge in [0.2, 0.25) is 0 Å². The minimum Gasteiger partial charge on any atom is -0.465 e. The highest BCUT2D eigenvalue weighted by atomic mass is 31.2. The molecule has 3 atom stereocenters. The Labute approximate surface area is 234 Å². The summed E-state index contributed by atoms with van der Waals surface area (Å²) in [6.45, 7) is 5.00. The molecule has 2 aromatic carbocycles. The number of hydrogen-bond donors (Lipinski definition) is 3. The Balaban J connectivity index is 1.95. The zero-order valence-corrected chi connectivity index (χ0v) is 24.7. The van der Waals surface area contributed by atoms with Gasteiger partial charge in [0.15, 0.2) is 0 Å². The van der Waals surface area contributed by atoms with E-state index in [0.29, 0.717) is 18.6 Å². The van der Waals surface area contributed by atoms with Crippen LogP contribution in [0, 0.1) is 0 Å². The van der Waals surface area contributed by atoms with Crippen LogP contribution in [0.4, 0.5) is 0 Å². The van der Waals surface area contributed by atoms with Gasteiger partial charge in [-0.25, -0.2) is 4.57 Å². The number of aliphatic hydroxyl groups excluding tert-OH is 1. The summed E-state index contributed by atoms with van der Waals surface area (Å²) in [6, 6.07) is 16.1. The molecule has 2 unspecified atom stereocenters. The van der Waals surface area contributed by atoms with Gasteiger partial charge in [-0.15, -0.1) is 0 Å². The normalized spacial score (nSPS) is 15.2. The van der Waals surface area contributed by atoms with E-state index in [0.717, 1.165) is 12.0 Å². The van der Waals surface area contributed by atoms with Gasteiger partial charge >= 0.3 is 13.7 Å². The maximum absolute atomic E-state index is 13.6. The van der Waals surface area contributed by atoms with Gasteiger partial charge in [0, 0.05) is 0 Å². The molecule has 0 radical (unpaired) electrons. The van der Waals surface area contributed by atoms with Crippen LogP contribution >= 0.6 is 7.75 Å². The van der Waals surface area contributed by atoms with Crippen LogP contribution in [-0.2, 0) is 31.5 Å². The van der Waals surface area contributed by atoms with Crippen molar-refractivity contribution >= 4 is 13.7 Å². The molecule has 0 aliphatic heterocycles. The molecule has 4 N–H and O–H groups in total. The number of aryl methyl sites for hydroxylation is 2. The molecule has 0 aliphatic carbocycles. The fourth-order valence-corrected chi connectivity index (χ4v) is 5.64. The van der Waals surface area contributed by atoms with Crippen LogP contribution in [0.5, 0.6) is 5.75 Å². The summed E-state index contributed by atoms with van der Waals surface area (Å²) in [4.78, 5) is 12.1. The number of nitrogens with two attached hydrogens (primary N) is 1. The topological polar surface area (TPSA) is 120 Å². The second kappa shape index (κ2) is 17.5. The summed E-state index contributed by atoms with van der Waals surface area (Å²) < 4.78 is 30.0. The quantitative estimate of drug-likeness (QED) is 0.103. The molecular formula is C30H47N2O6P. The molecule has 0 aliphatic rings. The third-order valence-corrected chi connectivity index (χ3v) is 8.17. The first-order valence-electron chi connectivity index (χ1n) is 14.1. The molecule has 0 aromatic heterocycles. The fourth-order valence-electron chi connectivity index (χ4n) is 4.05.